The Labute approximate surface area is 174 Å². The molecule has 0 spiro atoms. The van der Waals surface area contributed by atoms with Gasteiger partial charge in [0.2, 0.25) is 0 Å². The van der Waals surface area contributed by atoms with E-state index >= 15 is 0 Å². The van der Waals surface area contributed by atoms with Gasteiger partial charge in [-0.05, 0) is 12.1 Å². The first kappa shape index (κ1) is 19.8. The molecule has 2 N–H and O–H groups in total. The molecule has 0 fully saturated rings. The molecule has 0 radical (unpaired) electrons. The van der Waals surface area contributed by atoms with Gasteiger partial charge in [0.15, 0.2) is 17.5 Å². The standard InChI is InChI=1S/C19H15ClF2N6O2/c1-28-8-24-14(27-28)7-30-13-6-9(29-2)5-12-15(13)18(23)26-19(25-12)10-3-4-11(21)16(20)17(10)22/h3-6,8H,7H2,1-2H3,(H2,23,25,26). The molecular formula is C19H15ClF2N6O2. The van der Waals surface area contributed by atoms with E-state index in [4.69, 9.17) is 26.8 Å². The number of benzene rings is 2. The molecule has 0 atom stereocenters. The Morgan fingerprint density at radius 3 is 2.70 bits per heavy atom. The third-order valence-electron chi connectivity index (χ3n) is 4.28. The normalized spacial score (nSPS) is 11.1. The largest absolute Gasteiger partial charge is 0.497 e. The summed E-state index contributed by atoms with van der Waals surface area (Å²) in [6.07, 6.45) is 1.55. The van der Waals surface area contributed by atoms with Gasteiger partial charge in [-0.3, -0.25) is 4.68 Å². The van der Waals surface area contributed by atoms with Crippen molar-refractivity contribution in [2.24, 2.45) is 7.05 Å². The summed E-state index contributed by atoms with van der Waals surface area (Å²) >= 11 is 5.67. The van der Waals surface area contributed by atoms with Gasteiger partial charge in [0, 0.05) is 19.2 Å². The summed E-state index contributed by atoms with van der Waals surface area (Å²) in [4.78, 5) is 12.6. The zero-order valence-electron chi connectivity index (χ0n) is 15.9. The second-order valence-corrected chi connectivity index (χ2v) is 6.68. The van der Waals surface area contributed by atoms with Crippen LogP contribution in [-0.2, 0) is 13.7 Å². The van der Waals surface area contributed by atoms with Crippen LogP contribution >= 0.6 is 11.6 Å². The Kier molecular flexibility index (Phi) is 5.08. The van der Waals surface area contributed by atoms with Gasteiger partial charge in [0.1, 0.15) is 41.1 Å². The van der Waals surface area contributed by atoms with Gasteiger partial charge < -0.3 is 15.2 Å². The monoisotopic (exact) mass is 432 g/mol. The lowest BCUT2D eigenvalue weighted by Crippen LogP contribution is -2.04. The van der Waals surface area contributed by atoms with Crippen LogP contribution in [0.3, 0.4) is 0 Å². The summed E-state index contributed by atoms with van der Waals surface area (Å²) < 4.78 is 40.6. The molecule has 0 aliphatic heterocycles. The lowest BCUT2D eigenvalue weighted by atomic mass is 10.1. The highest BCUT2D eigenvalue weighted by atomic mass is 35.5. The minimum atomic E-state index is -0.976. The predicted molar refractivity (Wildman–Crippen MR) is 106 cm³/mol. The first-order chi connectivity index (χ1) is 14.4. The van der Waals surface area contributed by atoms with Gasteiger partial charge >= 0.3 is 0 Å². The van der Waals surface area contributed by atoms with E-state index in [1.54, 1.807) is 30.2 Å². The van der Waals surface area contributed by atoms with E-state index in [0.29, 0.717) is 28.2 Å². The molecule has 2 aromatic carbocycles. The number of ether oxygens (including phenoxy) is 2. The molecule has 8 nitrogen and oxygen atoms in total. The Morgan fingerprint density at radius 2 is 2.00 bits per heavy atom. The van der Waals surface area contributed by atoms with Gasteiger partial charge in [-0.2, -0.15) is 5.10 Å². The van der Waals surface area contributed by atoms with Crippen molar-refractivity contribution in [1.29, 1.82) is 0 Å². The molecule has 30 heavy (non-hydrogen) atoms. The molecule has 0 unspecified atom stereocenters. The molecule has 11 heteroatoms. The zero-order chi connectivity index (χ0) is 21.4. The van der Waals surface area contributed by atoms with Crippen molar-refractivity contribution >= 4 is 28.3 Å². The number of anilines is 1. The van der Waals surface area contributed by atoms with Crippen LogP contribution in [0.25, 0.3) is 22.3 Å². The van der Waals surface area contributed by atoms with Gasteiger partial charge in [0.25, 0.3) is 0 Å². The number of hydrogen-bond donors (Lipinski definition) is 1. The van der Waals surface area contributed by atoms with E-state index in [0.717, 1.165) is 6.07 Å². The molecule has 0 amide bonds. The first-order valence-corrected chi connectivity index (χ1v) is 9.01. The molecule has 0 aliphatic rings. The quantitative estimate of drug-likeness (QED) is 0.481. The molecule has 154 valence electrons. The number of nitrogen functional groups attached to an aromatic ring is 1. The Bertz CT molecular complexity index is 1260. The van der Waals surface area contributed by atoms with Gasteiger partial charge in [-0.15, -0.1) is 0 Å². The van der Waals surface area contributed by atoms with Crippen molar-refractivity contribution in [2.45, 2.75) is 6.61 Å². The van der Waals surface area contributed by atoms with Crippen LogP contribution in [0.2, 0.25) is 5.02 Å². The molecule has 4 rings (SSSR count). The van der Waals surface area contributed by atoms with Crippen LogP contribution < -0.4 is 15.2 Å². The molecule has 0 aliphatic carbocycles. The van der Waals surface area contributed by atoms with Crippen LogP contribution in [0, 0.1) is 11.6 Å². The Hall–Kier alpha value is -3.53. The van der Waals surface area contributed by atoms with Crippen LogP contribution in [0.15, 0.2) is 30.6 Å². The lowest BCUT2D eigenvalue weighted by Gasteiger charge is -2.13. The third-order valence-corrected chi connectivity index (χ3v) is 4.63. The van der Waals surface area contributed by atoms with Crippen LogP contribution in [-0.4, -0.2) is 31.8 Å². The highest BCUT2D eigenvalue weighted by Crippen LogP contribution is 2.36. The molecule has 0 bridgehead atoms. The maximum Gasteiger partial charge on any atom is 0.188 e. The van der Waals surface area contributed by atoms with E-state index in [1.807, 2.05) is 0 Å². The maximum absolute atomic E-state index is 14.5. The predicted octanol–water partition coefficient (Wildman–Crippen LogP) is 3.53. The number of nitrogens with zero attached hydrogens (tertiary/aromatic N) is 5. The fraction of sp³-hybridized carbons (Fsp3) is 0.158. The lowest BCUT2D eigenvalue weighted by molar-refractivity contribution is 0.297. The second-order valence-electron chi connectivity index (χ2n) is 6.30. The van der Waals surface area contributed by atoms with Crippen molar-refractivity contribution in [3.05, 3.63) is 53.1 Å². The second kappa shape index (κ2) is 7.71. The SMILES string of the molecule is COc1cc(OCc2ncn(C)n2)c2c(N)nc(-c3ccc(F)c(Cl)c3F)nc2c1. The first-order valence-electron chi connectivity index (χ1n) is 8.63. The van der Waals surface area contributed by atoms with Crippen molar-refractivity contribution in [3.8, 4) is 22.9 Å². The molecule has 2 aromatic heterocycles. The summed E-state index contributed by atoms with van der Waals surface area (Å²) in [7, 11) is 3.22. The number of aryl methyl sites for hydroxylation is 1. The summed E-state index contributed by atoms with van der Waals surface area (Å²) in [5.74, 6) is -0.617. The number of methoxy groups -OCH3 is 1. The average Bonchev–Trinajstić information content (AvgIpc) is 3.15. The van der Waals surface area contributed by atoms with Crippen LogP contribution in [0.5, 0.6) is 11.5 Å². The van der Waals surface area contributed by atoms with E-state index in [9.17, 15) is 8.78 Å². The Morgan fingerprint density at radius 1 is 1.20 bits per heavy atom. The summed E-state index contributed by atoms with van der Waals surface area (Å²) in [6.45, 7) is 0.0759. The molecular weight excluding hydrogens is 418 g/mol. The van der Waals surface area contributed by atoms with E-state index < -0.39 is 16.7 Å². The zero-order valence-corrected chi connectivity index (χ0v) is 16.6. The number of fused-ring (bicyclic) bond motifs is 1. The average molecular weight is 433 g/mol. The number of nitrogens with two attached hydrogens (primary N) is 1. The minimum Gasteiger partial charge on any atom is -0.497 e. The molecule has 0 saturated heterocycles. The summed E-state index contributed by atoms with van der Waals surface area (Å²) in [6, 6.07) is 5.46. The number of halogens is 3. The summed E-state index contributed by atoms with van der Waals surface area (Å²) in [5, 5.41) is 3.91. The van der Waals surface area contributed by atoms with Gasteiger partial charge in [-0.25, -0.2) is 23.7 Å². The topological polar surface area (TPSA) is 101 Å². The highest BCUT2D eigenvalue weighted by molar-refractivity contribution is 6.31. The van der Waals surface area contributed by atoms with Gasteiger partial charge in [0.05, 0.1) is 23.6 Å². The van der Waals surface area contributed by atoms with Gasteiger partial charge in [-0.1, -0.05) is 11.6 Å². The van der Waals surface area contributed by atoms with Crippen LogP contribution in [0.1, 0.15) is 5.82 Å². The van der Waals surface area contributed by atoms with Crippen LogP contribution in [0.4, 0.5) is 14.6 Å². The molecule has 4 aromatic rings. The third kappa shape index (κ3) is 3.57. The molecule has 2 heterocycles. The number of rotatable bonds is 5. The smallest absolute Gasteiger partial charge is 0.188 e. The molecule has 0 saturated carbocycles. The fourth-order valence-electron chi connectivity index (χ4n) is 2.87. The van der Waals surface area contributed by atoms with E-state index in [1.165, 1.54) is 13.2 Å². The van der Waals surface area contributed by atoms with Crippen molar-refractivity contribution in [1.82, 2.24) is 24.7 Å². The van der Waals surface area contributed by atoms with Crippen molar-refractivity contribution in [3.63, 3.8) is 0 Å². The number of aromatic nitrogens is 5. The van der Waals surface area contributed by atoms with E-state index in [-0.39, 0.29) is 23.8 Å². The van der Waals surface area contributed by atoms with Crippen molar-refractivity contribution < 1.29 is 18.3 Å². The Balaban J connectivity index is 1.82. The van der Waals surface area contributed by atoms with Crippen molar-refractivity contribution in [2.75, 3.05) is 12.8 Å². The fourth-order valence-corrected chi connectivity index (χ4v) is 3.04. The highest BCUT2D eigenvalue weighted by Gasteiger charge is 2.19. The maximum atomic E-state index is 14.5. The van der Waals surface area contributed by atoms with E-state index in [2.05, 4.69) is 20.1 Å². The summed E-state index contributed by atoms with van der Waals surface area (Å²) in [5.41, 5.74) is 6.40. The minimum absolute atomic E-state index is 0.0430. The number of hydrogen-bond acceptors (Lipinski definition) is 7.